The van der Waals surface area contributed by atoms with E-state index < -0.39 is 0 Å². The Kier molecular flexibility index (Phi) is 5.82. The van der Waals surface area contributed by atoms with E-state index in [1.165, 1.54) is 11.5 Å². The second-order valence-corrected chi connectivity index (χ2v) is 7.47. The highest BCUT2D eigenvalue weighted by molar-refractivity contribution is 5.73. The van der Waals surface area contributed by atoms with Gasteiger partial charge in [0.25, 0.3) is 5.56 Å². The Balaban J connectivity index is 2.05. The van der Waals surface area contributed by atoms with E-state index in [9.17, 15) is 14.4 Å². The molecule has 27 heavy (non-hydrogen) atoms. The quantitative estimate of drug-likeness (QED) is 0.804. The minimum Gasteiger partial charge on any atom is -0.354 e. The van der Waals surface area contributed by atoms with Crippen LogP contribution in [0.2, 0.25) is 0 Å². The van der Waals surface area contributed by atoms with Crippen molar-refractivity contribution in [2.24, 2.45) is 0 Å². The van der Waals surface area contributed by atoms with Crippen LogP contribution in [0.15, 0.2) is 9.59 Å². The van der Waals surface area contributed by atoms with Gasteiger partial charge in [0.2, 0.25) is 5.91 Å². The fourth-order valence-corrected chi connectivity index (χ4v) is 4.08. The molecule has 0 spiro atoms. The minimum atomic E-state index is -0.294. The first-order valence-electron chi connectivity index (χ1n) is 9.96. The first-order chi connectivity index (χ1) is 13.0. The molecule has 2 aromatic heterocycles. The lowest BCUT2D eigenvalue weighted by Gasteiger charge is -2.28. The summed E-state index contributed by atoms with van der Waals surface area (Å²) in [5.41, 5.74) is 0.287. The number of hydrogen-bond acceptors (Lipinski definition) is 4. The zero-order valence-corrected chi connectivity index (χ0v) is 16.4. The van der Waals surface area contributed by atoms with Gasteiger partial charge in [-0.1, -0.05) is 20.3 Å². The lowest BCUT2D eigenvalue weighted by Crippen LogP contribution is -2.40. The van der Waals surface area contributed by atoms with Crippen LogP contribution in [-0.2, 0) is 17.9 Å². The maximum absolute atomic E-state index is 12.8. The van der Waals surface area contributed by atoms with Gasteiger partial charge in [-0.2, -0.15) is 0 Å². The predicted octanol–water partition coefficient (Wildman–Crippen LogP) is 1.87. The molecule has 0 unspecified atom stereocenters. The topological polar surface area (TPSA) is 102 Å². The lowest BCUT2D eigenvalue weighted by molar-refractivity contribution is -0.119. The zero-order chi connectivity index (χ0) is 19.6. The highest BCUT2D eigenvalue weighted by Gasteiger charge is 2.27. The van der Waals surface area contributed by atoms with E-state index in [0.29, 0.717) is 24.3 Å². The lowest BCUT2D eigenvalue weighted by atomic mass is 9.85. The minimum absolute atomic E-state index is 0.0236. The van der Waals surface area contributed by atoms with Gasteiger partial charge >= 0.3 is 5.69 Å². The number of carbonyl (C=O) groups excluding carboxylic acids is 1. The van der Waals surface area contributed by atoms with Crippen LogP contribution in [0.4, 0.5) is 0 Å². The van der Waals surface area contributed by atoms with Crippen molar-refractivity contribution in [2.45, 2.75) is 84.3 Å². The fourth-order valence-electron chi connectivity index (χ4n) is 4.08. The second-order valence-electron chi connectivity index (χ2n) is 7.47. The summed E-state index contributed by atoms with van der Waals surface area (Å²) in [6, 6.07) is 0.129. The number of aromatic nitrogens is 4. The third kappa shape index (κ3) is 3.84. The molecule has 0 aliphatic heterocycles. The number of aromatic amines is 1. The van der Waals surface area contributed by atoms with E-state index in [4.69, 9.17) is 0 Å². The van der Waals surface area contributed by atoms with Gasteiger partial charge < -0.3 is 10.3 Å². The molecule has 1 fully saturated rings. The van der Waals surface area contributed by atoms with Crippen molar-refractivity contribution >= 4 is 17.1 Å². The Bertz CT molecular complexity index is 939. The third-order valence-electron chi connectivity index (χ3n) is 5.24. The van der Waals surface area contributed by atoms with Crippen molar-refractivity contribution < 1.29 is 4.79 Å². The largest absolute Gasteiger partial charge is 0.354 e. The second kappa shape index (κ2) is 8.10. The van der Waals surface area contributed by atoms with Crippen LogP contribution in [0, 0.1) is 0 Å². The van der Waals surface area contributed by atoms with Gasteiger partial charge in [-0.3, -0.25) is 18.7 Å². The molecule has 0 saturated heterocycles. The summed E-state index contributed by atoms with van der Waals surface area (Å²) in [6.07, 6.45) is 5.20. The number of nitrogens with one attached hydrogen (secondary N) is 2. The van der Waals surface area contributed by atoms with Gasteiger partial charge in [0, 0.05) is 32.0 Å². The molecule has 2 aromatic rings. The van der Waals surface area contributed by atoms with Crippen LogP contribution in [0.5, 0.6) is 0 Å². The average molecular weight is 375 g/mol. The van der Waals surface area contributed by atoms with Crippen molar-refractivity contribution in [3.05, 3.63) is 26.7 Å². The molecule has 1 saturated carbocycles. The Labute approximate surface area is 158 Å². The van der Waals surface area contributed by atoms with Gasteiger partial charge in [-0.25, -0.2) is 9.78 Å². The van der Waals surface area contributed by atoms with Crippen LogP contribution in [0.3, 0.4) is 0 Å². The van der Waals surface area contributed by atoms with Gasteiger partial charge in [-0.15, -0.1) is 0 Å². The molecule has 0 aromatic carbocycles. The van der Waals surface area contributed by atoms with Crippen LogP contribution in [0.25, 0.3) is 11.2 Å². The molecular formula is C19H29N5O3. The smallest absolute Gasteiger partial charge is 0.332 e. The maximum Gasteiger partial charge on any atom is 0.332 e. The van der Waals surface area contributed by atoms with Crippen LogP contribution >= 0.6 is 0 Å². The predicted molar refractivity (Wildman–Crippen MR) is 104 cm³/mol. The Morgan fingerprint density at radius 2 is 1.89 bits per heavy atom. The summed E-state index contributed by atoms with van der Waals surface area (Å²) < 4.78 is 2.92. The monoisotopic (exact) mass is 375 g/mol. The van der Waals surface area contributed by atoms with Crippen LogP contribution < -0.4 is 16.6 Å². The summed E-state index contributed by atoms with van der Waals surface area (Å²) >= 11 is 0. The van der Waals surface area contributed by atoms with Crippen LogP contribution in [0.1, 0.15) is 71.0 Å². The molecule has 8 nitrogen and oxygen atoms in total. The third-order valence-corrected chi connectivity index (χ3v) is 5.24. The first kappa shape index (κ1) is 19.4. The van der Waals surface area contributed by atoms with Crippen molar-refractivity contribution in [2.75, 3.05) is 0 Å². The van der Waals surface area contributed by atoms with Gasteiger partial charge in [0.05, 0.1) is 0 Å². The van der Waals surface area contributed by atoms with Crippen molar-refractivity contribution in [1.82, 2.24) is 24.4 Å². The molecular weight excluding hydrogens is 346 g/mol. The standard InChI is InChI=1S/C19H29N5O3/c1-4-9-23-17-15(18(26)24(10-5-2)19(23)27)21-16(22-17)13-7-6-8-14(11-13)20-12(3)25/h13-14H,4-11H2,1-3H3,(H,20,25)(H,21,22)/t13-,14+/m0/s1. The van der Waals surface area contributed by atoms with E-state index in [0.717, 1.165) is 44.3 Å². The number of hydrogen-bond donors (Lipinski definition) is 2. The number of amides is 1. The first-order valence-corrected chi connectivity index (χ1v) is 9.96. The van der Waals surface area contributed by atoms with E-state index in [1.54, 1.807) is 4.57 Å². The molecule has 8 heteroatoms. The number of rotatable bonds is 6. The molecule has 3 rings (SSSR count). The summed E-state index contributed by atoms with van der Waals surface area (Å²) in [5, 5.41) is 2.99. The van der Waals surface area contributed by atoms with E-state index >= 15 is 0 Å². The SMILES string of the molecule is CCCn1c(=O)c2[nH]c([C@H]3CCC[C@@H](NC(C)=O)C3)nc2n(CCC)c1=O. The van der Waals surface area contributed by atoms with E-state index in [1.807, 2.05) is 13.8 Å². The van der Waals surface area contributed by atoms with E-state index in [2.05, 4.69) is 15.3 Å². The fraction of sp³-hybridized carbons (Fsp3) is 0.684. The molecule has 2 N–H and O–H groups in total. The van der Waals surface area contributed by atoms with Gasteiger partial charge in [0.15, 0.2) is 5.65 Å². The molecule has 1 amide bonds. The van der Waals surface area contributed by atoms with Crippen molar-refractivity contribution in [3.63, 3.8) is 0 Å². The number of fused-ring (bicyclic) bond motifs is 1. The summed E-state index contributed by atoms with van der Waals surface area (Å²) in [7, 11) is 0. The molecule has 2 heterocycles. The highest BCUT2D eigenvalue weighted by Crippen LogP contribution is 2.32. The Morgan fingerprint density at radius 1 is 1.19 bits per heavy atom. The molecule has 1 aliphatic rings. The molecule has 148 valence electrons. The normalized spacial score (nSPS) is 20.1. The number of H-pyrrole nitrogens is 1. The summed E-state index contributed by atoms with van der Waals surface area (Å²) in [6.45, 7) is 6.41. The zero-order valence-electron chi connectivity index (χ0n) is 16.4. The average Bonchev–Trinajstić information content (AvgIpc) is 3.07. The summed E-state index contributed by atoms with van der Waals surface area (Å²) in [4.78, 5) is 44.9. The number of carbonyl (C=O) groups is 1. The van der Waals surface area contributed by atoms with Crippen LogP contribution in [-0.4, -0.2) is 31.1 Å². The van der Waals surface area contributed by atoms with Crippen molar-refractivity contribution in [3.8, 4) is 0 Å². The Morgan fingerprint density at radius 3 is 2.56 bits per heavy atom. The van der Waals surface area contributed by atoms with E-state index in [-0.39, 0.29) is 29.1 Å². The molecule has 2 atom stereocenters. The summed E-state index contributed by atoms with van der Waals surface area (Å²) in [5.74, 6) is 0.868. The van der Waals surface area contributed by atoms with Crippen molar-refractivity contribution in [1.29, 1.82) is 0 Å². The number of nitrogens with zero attached hydrogens (tertiary/aromatic N) is 3. The molecule has 0 bridgehead atoms. The molecule has 1 aliphatic carbocycles. The Hall–Kier alpha value is -2.38. The maximum atomic E-state index is 12.8. The van der Waals surface area contributed by atoms with Gasteiger partial charge in [-0.05, 0) is 32.1 Å². The highest BCUT2D eigenvalue weighted by atomic mass is 16.2. The number of imidazole rings is 1. The number of aryl methyl sites for hydroxylation is 1. The molecule has 0 radical (unpaired) electrons. The van der Waals surface area contributed by atoms with Gasteiger partial charge in [0.1, 0.15) is 11.3 Å².